The second-order valence-electron chi connectivity index (χ2n) is 2.48. The van der Waals surface area contributed by atoms with Gasteiger partial charge in [-0.3, -0.25) is 0 Å². The second-order valence-corrected chi connectivity index (χ2v) is 2.48. The third-order valence-corrected chi connectivity index (χ3v) is 1.60. The lowest BCUT2D eigenvalue weighted by Gasteiger charge is -2.08. The maximum absolute atomic E-state index is 5.36. The molecule has 0 radical (unpaired) electrons. The molecule has 0 N–H and O–H groups in total. The van der Waals surface area contributed by atoms with Crippen LogP contribution in [-0.4, -0.2) is 18.0 Å². The SMILES string of the molecule is C=CC1OC(C)=NC1/C=C/C. The van der Waals surface area contributed by atoms with E-state index in [1.54, 1.807) is 6.08 Å². The Bertz CT molecular complexity index is 206. The summed E-state index contributed by atoms with van der Waals surface area (Å²) in [4.78, 5) is 4.27. The maximum Gasteiger partial charge on any atom is 0.181 e. The Morgan fingerprint density at radius 3 is 2.91 bits per heavy atom. The molecule has 0 fully saturated rings. The van der Waals surface area contributed by atoms with E-state index in [0.29, 0.717) is 0 Å². The maximum atomic E-state index is 5.36. The Morgan fingerprint density at radius 2 is 2.36 bits per heavy atom. The molecule has 0 bridgehead atoms. The quantitative estimate of drug-likeness (QED) is 0.553. The van der Waals surface area contributed by atoms with E-state index in [2.05, 4.69) is 11.6 Å². The second kappa shape index (κ2) is 3.37. The minimum absolute atomic E-state index is 0.0335. The van der Waals surface area contributed by atoms with Gasteiger partial charge >= 0.3 is 0 Å². The molecule has 2 nitrogen and oxygen atoms in total. The lowest BCUT2D eigenvalue weighted by Crippen LogP contribution is -2.16. The van der Waals surface area contributed by atoms with Crippen molar-refractivity contribution in [3.8, 4) is 0 Å². The van der Waals surface area contributed by atoms with Crippen LogP contribution in [0.3, 0.4) is 0 Å². The number of allylic oxidation sites excluding steroid dienone is 1. The van der Waals surface area contributed by atoms with E-state index in [1.807, 2.05) is 26.0 Å². The van der Waals surface area contributed by atoms with Crippen LogP contribution in [0.5, 0.6) is 0 Å². The van der Waals surface area contributed by atoms with Crippen LogP contribution in [0.4, 0.5) is 0 Å². The summed E-state index contributed by atoms with van der Waals surface area (Å²) in [6, 6.07) is 0.137. The summed E-state index contributed by atoms with van der Waals surface area (Å²) in [5, 5.41) is 0. The molecule has 1 heterocycles. The summed E-state index contributed by atoms with van der Waals surface area (Å²) in [6.07, 6.45) is 5.81. The van der Waals surface area contributed by atoms with Crippen LogP contribution in [-0.2, 0) is 4.74 Å². The van der Waals surface area contributed by atoms with Crippen molar-refractivity contribution in [2.75, 3.05) is 0 Å². The number of aliphatic imine (C=N–C) groups is 1. The number of hydrogen-bond acceptors (Lipinski definition) is 2. The predicted molar refractivity (Wildman–Crippen MR) is 46.8 cm³/mol. The zero-order chi connectivity index (χ0) is 8.27. The van der Waals surface area contributed by atoms with Crippen LogP contribution >= 0.6 is 0 Å². The predicted octanol–water partition coefficient (Wildman–Crippen LogP) is 1.93. The van der Waals surface area contributed by atoms with Crippen LogP contribution in [0.2, 0.25) is 0 Å². The van der Waals surface area contributed by atoms with Gasteiger partial charge in [-0.2, -0.15) is 0 Å². The van der Waals surface area contributed by atoms with Crippen molar-refractivity contribution in [1.82, 2.24) is 0 Å². The van der Waals surface area contributed by atoms with Gasteiger partial charge in [-0.25, -0.2) is 4.99 Å². The van der Waals surface area contributed by atoms with E-state index in [0.717, 1.165) is 5.90 Å². The normalized spacial score (nSPS) is 30.2. The van der Waals surface area contributed by atoms with Gasteiger partial charge in [0.05, 0.1) is 0 Å². The molecule has 1 aliphatic heterocycles. The highest BCUT2D eigenvalue weighted by atomic mass is 16.5. The third-order valence-electron chi connectivity index (χ3n) is 1.60. The van der Waals surface area contributed by atoms with Crippen LogP contribution < -0.4 is 0 Å². The molecular weight excluding hydrogens is 138 g/mol. The summed E-state index contributed by atoms with van der Waals surface area (Å²) in [7, 11) is 0. The van der Waals surface area contributed by atoms with E-state index >= 15 is 0 Å². The minimum atomic E-state index is 0.0335. The number of ether oxygens (including phenoxy) is 1. The summed E-state index contributed by atoms with van der Waals surface area (Å²) in [6.45, 7) is 7.51. The van der Waals surface area contributed by atoms with Crippen molar-refractivity contribution >= 4 is 5.90 Å². The monoisotopic (exact) mass is 151 g/mol. The molecule has 0 spiro atoms. The summed E-state index contributed by atoms with van der Waals surface area (Å²) in [5.41, 5.74) is 0. The lowest BCUT2D eigenvalue weighted by atomic mass is 10.1. The molecule has 0 aliphatic carbocycles. The topological polar surface area (TPSA) is 21.6 Å². The molecule has 0 saturated heterocycles. The highest BCUT2D eigenvalue weighted by Gasteiger charge is 2.23. The van der Waals surface area contributed by atoms with Crippen molar-refractivity contribution in [3.05, 3.63) is 24.8 Å². The first-order valence-electron chi connectivity index (χ1n) is 3.74. The molecule has 1 rings (SSSR count). The molecule has 60 valence electrons. The fourth-order valence-electron chi connectivity index (χ4n) is 1.12. The van der Waals surface area contributed by atoms with Gasteiger partial charge in [-0.05, 0) is 13.0 Å². The van der Waals surface area contributed by atoms with Crippen molar-refractivity contribution in [3.63, 3.8) is 0 Å². The molecule has 11 heavy (non-hydrogen) atoms. The molecule has 2 unspecified atom stereocenters. The molecular formula is C9H13NO. The molecule has 2 atom stereocenters. The van der Waals surface area contributed by atoms with Crippen molar-refractivity contribution in [2.45, 2.75) is 26.0 Å². The summed E-state index contributed by atoms with van der Waals surface area (Å²) >= 11 is 0. The molecule has 1 aliphatic rings. The van der Waals surface area contributed by atoms with E-state index in [1.165, 1.54) is 0 Å². The zero-order valence-electron chi connectivity index (χ0n) is 6.95. The Balaban J connectivity index is 2.68. The smallest absolute Gasteiger partial charge is 0.181 e. The van der Waals surface area contributed by atoms with Crippen LogP contribution in [0.25, 0.3) is 0 Å². The molecule has 0 aromatic carbocycles. The van der Waals surface area contributed by atoms with Gasteiger partial charge < -0.3 is 4.74 Å². The minimum Gasteiger partial charge on any atom is -0.471 e. The number of rotatable bonds is 2. The van der Waals surface area contributed by atoms with Crippen molar-refractivity contribution in [2.24, 2.45) is 4.99 Å². The third kappa shape index (κ3) is 1.70. The van der Waals surface area contributed by atoms with Crippen molar-refractivity contribution in [1.29, 1.82) is 0 Å². The van der Waals surface area contributed by atoms with Crippen LogP contribution in [0.1, 0.15) is 13.8 Å². The van der Waals surface area contributed by atoms with Crippen LogP contribution in [0.15, 0.2) is 29.8 Å². The van der Waals surface area contributed by atoms with E-state index in [9.17, 15) is 0 Å². The van der Waals surface area contributed by atoms with Gasteiger partial charge in [0.1, 0.15) is 12.1 Å². The Kier molecular flexibility index (Phi) is 2.47. The highest BCUT2D eigenvalue weighted by molar-refractivity contribution is 5.75. The summed E-state index contributed by atoms with van der Waals surface area (Å²) < 4.78 is 5.36. The van der Waals surface area contributed by atoms with Crippen molar-refractivity contribution < 1.29 is 4.74 Å². The average Bonchev–Trinajstić information content (AvgIpc) is 2.32. The number of nitrogens with zero attached hydrogens (tertiary/aromatic N) is 1. The first-order valence-corrected chi connectivity index (χ1v) is 3.74. The Morgan fingerprint density at radius 1 is 1.64 bits per heavy atom. The van der Waals surface area contributed by atoms with Crippen LogP contribution in [0, 0.1) is 0 Å². The molecule has 0 saturated carbocycles. The molecule has 2 heteroatoms. The largest absolute Gasteiger partial charge is 0.471 e. The van der Waals surface area contributed by atoms with Gasteiger partial charge in [-0.1, -0.05) is 18.7 Å². The highest BCUT2D eigenvalue weighted by Crippen LogP contribution is 2.15. The average molecular weight is 151 g/mol. The van der Waals surface area contributed by atoms with Gasteiger partial charge in [0.25, 0.3) is 0 Å². The number of hydrogen-bond donors (Lipinski definition) is 0. The molecule has 0 aromatic heterocycles. The first-order chi connectivity index (χ1) is 5.27. The van der Waals surface area contributed by atoms with E-state index in [-0.39, 0.29) is 12.1 Å². The summed E-state index contributed by atoms with van der Waals surface area (Å²) in [5.74, 6) is 0.748. The molecule has 0 amide bonds. The van der Waals surface area contributed by atoms with E-state index < -0.39 is 0 Å². The lowest BCUT2D eigenvalue weighted by molar-refractivity contribution is 0.254. The standard InChI is InChI=1S/C9H13NO/c1-4-6-8-9(5-2)11-7(3)10-8/h4-6,8-9H,2H2,1,3H3/b6-4+. The fourth-order valence-corrected chi connectivity index (χ4v) is 1.12. The van der Waals surface area contributed by atoms with E-state index in [4.69, 9.17) is 4.74 Å². The first kappa shape index (κ1) is 8.05. The zero-order valence-corrected chi connectivity index (χ0v) is 6.95. The van der Waals surface area contributed by atoms with Gasteiger partial charge in [0, 0.05) is 6.92 Å². The van der Waals surface area contributed by atoms with Gasteiger partial charge in [0.15, 0.2) is 5.90 Å². The van der Waals surface area contributed by atoms with Gasteiger partial charge in [0.2, 0.25) is 0 Å². The fraction of sp³-hybridized carbons (Fsp3) is 0.444. The Labute approximate surface area is 67.3 Å². The molecule has 0 aromatic rings. The van der Waals surface area contributed by atoms with Gasteiger partial charge in [-0.15, -0.1) is 0 Å². The Hall–Kier alpha value is -1.05.